The molecule has 1 saturated carbocycles. The van der Waals surface area contributed by atoms with E-state index in [1.165, 1.54) is 12.8 Å². The van der Waals surface area contributed by atoms with E-state index >= 15 is 0 Å². The molecule has 0 radical (unpaired) electrons. The lowest BCUT2D eigenvalue weighted by molar-refractivity contribution is 0.0672. The van der Waals surface area contributed by atoms with Crippen molar-refractivity contribution in [2.24, 2.45) is 5.92 Å². The second-order valence-electron chi connectivity index (χ2n) is 5.84. The highest BCUT2D eigenvalue weighted by Gasteiger charge is 2.26. The van der Waals surface area contributed by atoms with Crippen molar-refractivity contribution in [1.29, 1.82) is 0 Å². The Morgan fingerprint density at radius 2 is 2.11 bits per heavy atom. The van der Waals surface area contributed by atoms with Crippen LogP contribution in [-0.2, 0) is 0 Å². The molecule has 2 atom stereocenters. The van der Waals surface area contributed by atoms with Gasteiger partial charge in [-0.1, -0.05) is 25.8 Å². The topological polar surface area (TPSA) is 40.5 Å². The summed E-state index contributed by atoms with van der Waals surface area (Å²) in [7, 11) is 1.88. The molecule has 1 aromatic carbocycles. The van der Waals surface area contributed by atoms with Gasteiger partial charge in [0.15, 0.2) is 0 Å². The molecule has 1 aliphatic carbocycles. The van der Waals surface area contributed by atoms with Crippen LogP contribution in [0, 0.1) is 12.8 Å². The smallest absolute Gasteiger partial charge is 0.253 e. The molecule has 1 aliphatic rings. The van der Waals surface area contributed by atoms with E-state index in [9.17, 15) is 9.90 Å². The number of aryl methyl sites for hydroxylation is 1. The van der Waals surface area contributed by atoms with Crippen molar-refractivity contribution in [3.63, 3.8) is 0 Å². The molecule has 104 valence electrons. The van der Waals surface area contributed by atoms with Gasteiger partial charge in [-0.2, -0.15) is 0 Å². The molecule has 0 aromatic heterocycles. The lowest BCUT2D eigenvalue weighted by Gasteiger charge is -2.34. The normalized spacial score (nSPS) is 23.1. The number of rotatable bonds is 2. The second kappa shape index (κ2) is 5.64. The Balaban J connectivity index is 2.11. The van der Waals surface area contributed by atoms with Gasteiger partial charge in [0.25, 0.3) is 5.91 Å². The Morgan fingerprint density at radius 3 is 2.74 bits per heavy atom. The third-order valence-electron chi connectivity index (χ3n) is 4.23. The SMILES string of the molecule is Cc1ccc(C(=O)N(C)C2CCCC(C)C2)cc1O. The molecule has 1 amide bonds. The summed E-state index contributed by atoms with van der Waals surface area (Å²) in [5.41, 5.74) is 1.37. The van der Waals surface area contributed by atoms with E-state index in [0.29, 0.717) is 17.5 Å². The largest absolute Gasteiger partial charge is 0.508 e. The molecule has 0 heterocycles. The van der Waals surface area contributed by atoms with Crippen LogP contribution in [-0.4, -0.2) is 29.0 Å². The summed E-state index contributed by atoms with van der Waals surface area (Å²) < 4.78 is 0. The van der Waals surface area contributed by atoms with E-state index in [0.717, 1.165) is 18.4 Å². The lowest BCUT2D eigenvalue weighted by Crippen LogP contribution is -2.39. The van der Waals surface area contributed by atoms with E-state index in [1.807, 2.05) is 18.9 Å². The van der Waals surface area contributed by atoms with E-state index in [4.69, 9.17) is 0 Å². The number of phenolic OH excluding ortho intramolecular Hbond substituents is 1. The molecule has 2 unspecified atom stereocenters. The van der Waals surface area contributed by atoms with Gasteiger partial charge >= 0.3 is 0 Å². The first-order valence-electron chi connectivity index (χ1n) is 7.06. The number of phenols is 1. The first kappa shape index (κ1) is 13.9. The van der Waals surface area contributed by atoms with Gasteiger partial charge in [-0.05, 0) is 43.4 Å². The van der Waals surface area contributed by atoms with Crippen molar-refractivity contribution in [2.75, 3.05) is 7.05 Å². The van der Waals surface area contributed by atoms with E-state index in [-0.39, 0.29) is 11.7 Å². The lowest BCUT2D eigenvalue weighted by atomic mass is 9.86. The summed E-state index contributed by atoms with van der Waals surface area (Å²) in [5.74, 6) is 0.895. The second-order valence-corrected chi connectivity index (χ2v) is 5.84. The van der Waals surface area contributed by atoms with E-state index in [2.05, 4.69) is 6.92 Å². The summed E-state index contributed by atoms with van der Waals surface area (Å²) in [4.78, 5) is 14.3. The van der Waals surface area contributed by atoms with Gasteiger partial charge < -0.3 is 10.0 Å². The number of hydrogen-bond acceptors (Lipinski definition) is 2. The average molecular weight is 261 g/mol. The predicted octanol–water partition coefficient (Wildman–Crippen LogP) is 3.35. The van der Waals surface area contributed by atoms with Crippen LogP contribution < -0.4 is 0 Å². The molecule has 0 aliphatic heterocycles. The van der Waals surface area contributed by atoms with Crippen LogP contribution in [0.1, 0.15) is 48.5 Å². The Kier molecular flexibility index (Phi) is 4.13. The predicted molar refractivity (Wildman–Crippen MR) is 76.4 cm³/mol. The zero-order chi connectivity index (χ0) is 14.0. The van der Waals surface area contributed by atoms with Crippen LogP contribution in [0.25, 0.3) is 0 Å². The minimum Gasteiger partial charge on any atom is -0.508 e. The maximum Gasteiger partial charge on any atom is 0.253 e. The van der Waals surface area contributed by atoms with Crippen LogP contribution in [0.4, 0.5) is 0 Å². The molecule has 0 bridgehead atoms. The van der Waals surface area contributed by atoms with E-state index in [1.54, 1.807) is 18.2 Å². The Bertz CT molecular complexity index is 470. The van der Waals surface area contributed by atoms with Crippen molar-refractivity contribution in [2.45, 2.75) is 45.6 Å². The zero-order valence-corrected chi connectivity index (χ0v) is 12.0. The summed E-state index contributed by atoms with van der Waals surface area (Å²) >= 11 is 0. The number of amides is 1. The quantitative estimate of drug-likeness (QED) is 0.887. The van der Waals surface area contributed by atoms with E-state index < -0.39 is 0 Å². The summed E-state index contributed by atoms with van der Waals surface area (Å²) in [6.45, 7) is 4.08. The number of carbonyl (C=O) groups is 1. The summed E-state index contributed by atoms with van der Waals surface area (Å²) in [6.07, 6.45) is 4.64. The van der Waals surface area contributed by atoms with Gasteiger partial charge in [0, 0.05) is 18.7 Å². The summed E-state index contributed by atoms with van der Waals surface area (Å²) in [5, 5.41) is 9.71. The zero-order valence-electron chi connectivity index (χ0n) is 12.0. The van der Waals surface area contributed by atoms with Crippen LogP contribution in [0.2, 0.25) is 0 Å². The highest BCUT2D eigenvalue weighted by molar-refractivity contribution is 5.94. The van der Waals surface area contributed by atoms with Gasteiger partial charge in [0.1, 0.15) is 5.75 Å². The van der Waals surface area contributed by atoms with Crippen molar-refractivity contribution in [3.8, 4) is 5.75 Å². The Morgan fingerprint density at radius 1 is 1.37 bits per heavy atom. The van der Waals surface area contributed by atoms with Crippen LogP contribution in [0.5, 0.6) is 5.75 Å². The fourth-order valence-electron chi connectivity index (χ4n) is 2.87. The molecule has 0 saturated heterocycles. The third kappa shape index (κ3) is 3.09. The maximum atomic E-state index is 12.4. The minimum absolute atomic E-state index is 0.00870. The van der Waals surface area contributed by atoms with Crippen LogP contribution in [0.15, 0.2) is 18.2 Å². The molecule has 19 heavy (non-hydrogen) atoms. The average Bonchev–Trinajstić information content (AvgIpc) is 2.40. The molecule has 3 nitrogen and oxygen atoms in total. The molecule has 1 fully saturated rings. The first-order valence-corrected chi connectivity index (χ1v) is 7.06. The number of hydrogen-bond donors (Lipinski definition) is 1. The van der Waals surface area contributed by atoms with Crippen molar-refractivity contribution in [3.05, 3.63) is 29.3 Å². The molecule has 1 aromatic rings. The Labute approximate surface area is 115 Å². The number of nitrogens with zero attached hydrogens (tertiary/aromatic N) is 1. The summed E-state index contributed by atoms with van der Waals surface area (Å²) in [6, 6.07) is 5.49. The third-order valence-corrected chi connectivity index (χ3v) is 4.23. The molecular weight excluding hydrogens is 238 g/mol. The van der Waals surface area contributed by atoms with Gasteiger partial charge in [-0.25, -0.2) is 0 Å². The molecule has 0 spiro atoms. The molecule has 1 N–H and O–H groups in total. The first-order chi connectivity index (χ1) is 8.99. The highest BCUT2D eigenvalue weighted by Crippen LogP contribution is 2.28. The standard InChI is InChI=1S/C16H23NO2/c1-11-5-4-6-14(9-11)17(3)16(19)13-8-7-12(2)15(18)10-13/h7-8,10-11,14,18H,4-6,9H2,1-3H3. The maximum absolute atomic E-state index is 12.4. The van der Waals surface area contributed by atoms with Crippen LogP contribution >= 0.6 is 0 Å². The van der Waals surface area contributed by atoms with Gasteiger partial charge in [0.2, 0.25) is 0 Å². The highest BCUT2D eigenvalue weighted by atomic mass is 16.3. The van der Waals surface area contributed by atoms with Gasteiger partial charge in [-0.3, -0.25) is 4.79 Å². The number of benzene rings is 1. The fraction of sp³-hybridized carbons (Fsp3) is 0.562. The molecular formula is C16H23NO2. The van der Waals surface area contributed by atoms with Crippen molar-refractivity contribution in [1.82, 2.24) is 4.90 Å². The fourth-order valence-corrected chi connectivity index (χ4v) is 2.87. The molecule has 2 rings (SSSR count). The van der Waals surface area contributed by atoms with Gasteiger partial charge in [-0.15, -0.1) is 0 Å². The Hall–Kier alpha value is -1.51. The van der Waals surface area contributed by atoms with Crippen molar-refractivity contribution >= 4 is 5.91 Å². The monoisotopic (exact) mass is 261 g/mol. The van der Waals surface area contributed by atoms with Crippen molar-refractivity contribution < 1.29 is 9.90 Å². The molecule has 3 heteroatoms. The minimum atomic E-state index is 0.00870. The number of aromatic hydroxyl groups is 1. The van der Waals surface area contributed by atoms with Gasteiger partial charge in [0.05, 0.1) is 0 Å². The number of carbonyl (C=O) groups excluding carboxylic acids is 1. The van der Waals surface area contributed by atoms with Crippen LogP contribution in [0.3, 0.4) is 0 Å².